The Bertz CT molecular complexity index is 1270. The molecule has 0 saturated carbocycles. The number of benzene rings is 3. The molecular formula is C23H21F3N4O4S2. The summed E-state index contributed by atoms with van der Waals surface area (Å²) in [5, 5.41) is 2.59. The SMILES string of the molecule is O=C(NNC(=S)Nc1ccc(OC(F)(F)F)cc1)[C@@H](Cc1ccccc1)NS(=O)(=O)c1ccccc1. The van der Waals surface area contributed by atoms with E-state index in [0.29, 0.717) is 5.69 Å². The summed E-state index contributed by atoms with van der Waals surface area (Å²) in [6.45, 7) is 0. The molecule has 36 heavy (non-hydrogen) atoms. The van der Waals surface area contributed by atoms with Crippen LogP contribution in [0.3, 0.4) is 0 Å². The lowest BCUT2D eigenvalue weighted by atomic mass is 10.1. The second-order valence-corrected chi connectivity index (χ2v) is 9.44. The summed E-state index contributed by atoms with van der Waals surface area (Å²) in [4.78, 5) is 12.9. The lowest BCUT2D eigenvalue weighted by Gasteiger charge is -2.20. The predicted octanol–water partition coefficient (Wildman–Crippen LogP) is 3.49. The molecule has 0 saturated heterocycles. The number of sulfonamides is 1. The smallest absolute Gasteiger partial charge is 0.406 e. The predicted molar refractivity (Wildman–Crippen MR) is 131 cm³/mol. The highest BCUT2D eigenvalue weighted by molar-refractivity contribution is 7.89. The number of hydrazine groups is 1. The van der Waals surface area contributed by atoms with E-state index in [4.69, 9.17) is 12.2 Å². The first kappa shape index (κ1) is 26.9. The Morgan fingerprint density at radius 3 is 2.06 bits per heavy atom. The van der Waals surface area contributed by atoms with Crippen molar-refractivity contribution in [1.82, 2.24) is 15.6 Å². The van der Waals surface area contributed by atoms with Crippen LogP contribution in [0.4, 0.5) is 18.9 Å². The summed E-state index contributed by atoms with van der Waals surface area (Å²) in [5.74, 6) is -1.12. The van der Waals surface area contributed by atoms with Gasteiger partial charge >= 0.3 is 6.36 Å². The van der Waals surface area contributed by atoms with E-state index in [1.807, 2.05) is 0 Å². The maximum atomic E-state index is 12.9. The van der Waals surface area contributed by atoms with E-state index in [-0.39, 0.29) is 16.4 Å². The zero-order valence-electron chi connectivity index (χ0n) is 18.5. The van der Waals surface area contributed by atoms with Gasteiger partial charge in [-0.25, -0.2) is 8.42 Å². The van der Waals surface area contributed by atoms with E-state index in [2.05, 4.69) is 25.6 Å². The summed E-state index contributed by atoms with van der Waals surface area (Å²) in [7, 11) is -4.01. The van der Waals surface area contributed by atoms with Crippen molar-refractivity contribution in [3.05, 3.63) is 90.5 Å². The molecule has 0 radical (unpaired) electrons. The van der Waals surface area contributed by atoms with E-state index >= 15 is 0 Å². The number of thiocarbonyl (C=S) groups is 1. The first-order valence-corrected chi connectivity index (χ1v) is 12.2. The van der Waals surface area contributed by atoms with Gasteiger partial charge in [0.1, 0.15) is 11.8 Å². The average Bonchev–Trinajstić information content (AvgIpc) is 2.83. The first-order valence-electron chi connectivity index (χ1n) is 10.4. The third-order valence-electron chi connectivity index (χ3n) is 4.60. The van der Waals surface area contributed by atoms with Gasteiger partial charge in [0.05, 0.1) is 4.90 Å². The number of carbonyl (C=O) groups excluding carboxylic acids is 1. The molecule has 0 aromatic heterocycles. The Morgan fingerprint density at radius 2 is 1.47 bits per heavy atom. The van der Waals surface area contributed by atoms with Gasteiger partial charge in [-0.2, -0.15) is 4.72 Å². The van der Waals surface area contributed by atoms with Crippen molar-refractivity contribution in [2.45, 2.75) is 23.7 Å². The molecule has 3 aromatic carbocycles. The van der Waals surface area contributed by atoms with Gasteiger partial charge < -0.3 is 10.1 Å². The van der Waals surface area contributed by atoms with E-state index in [9.17, 15) is 26.4 Å². The van der Waals surface area contributed by atoms with Crippen LogP contribution < -0.4 is 25.6 Å². The highest BCUT2D eigenvalue weighted by Gasteiger charge is 2.31. The topological polar surface area (TPSA) is 109 Å². The molecule has 0 spiro atoms. The molecule has 0 fully saturated rings. The average molecular weight is 539 g/mol. The summed E-state index contributed by atoms with van der Waals surface area (Å²) in [6.07, 6.45) is -4.75. The molecule has 1 amide bonds. The van der Waals surface area contributed by atoms with Gasteiger partial charge in [-0.1, -0.05) is 48.5 Å². The maximum Gasteiger partial charge on any atom is 0.573 e. The molecule has 0 aliphatic rings. The molecule has 0 aliphatic heterocycles. The van der Waals surface area contributed by atoms with Crippen molar-refractivity contribution in [2.24, 2.45) is 0 Å². The van der Waals surface area contributed by atoms with E-state index < -0.39 is 34.1 Å². The number of carbonyl (C=O) groups is 1. The number of ether oxygens (including phenoxy) is 1. The Kier molecular flexibility index (Phi) is 8.85. The Labute approximate surface area is 210 Å². The van der Waals surface area contributed by atoms with Crippen LogP contribution in [0.5, 0.6) is 5.75 Å². The minimum atomic E-state index is -4.81. The Hall–Kier alpha value is -3.68. The summed E-state index contributed by atoms with van der Waals surface area (Å²) in [6, 6.07) is 20.0. The summed E-state index contributed by atoms with van der Waals surface area (Å²) >= 11 is 5.09. The van der Waals surface area contributed by atoms with Crippen molar-refractivity contribution in [3.63, 3.8) is 0 Å². The molecule has 0 bridgehead atoms. The second-order valence-electron chi connectivity index (χ2n) is 7.32. The van der Waals surface area contributed by atoms with Crippen molar-refractivity contribution in [3.8, 4) is 5.75 Å². The number of hydrogen-bond acceptors (Lipinski definition) is 5. The van der Waals surface area contributed by atoms with Gasteiger partial charge in [-0.05, 0) is 60.6 Å². The molecule has 8 nitrogen and oxygen atoms in total. The van der Waals surface area contributed by atoms with Crippen molar-refractivity contribution in [2.75, 3.05) is 5.32 Å². The third-order valence-corrected chi connectivity index (χ3v) is 6.29. The van der Waals surface area contributed by atoms with E-state index in [1.165, 1.54) is 24.3 Å². The lowest BCUT2D eigenvalue weighted by Crippen LogP contribution is -2.53. The minimum Gasteiger partial charge on any atom is -0.406 e. The quantitative estimate of drug-likeness (QED) is 0.257. The zero-order chi connectivity index (χ0) is 26.2. The number of amides is 1. The fourth-order valence-electron chi connectivity index (χ4n) is 3.00. The van der Waals surface area contributed by atoms with Crippen molar-refractivity contribution in [1.29, 1.82) is 0 Å². The largest absolute Gasteiger partial charge is 0.573 e. The van der Waals surface area contributed by atoms with Crippen LogP contribution in [-0.2, 0) is 21.2 Å². The monoisotopic (exact) mass is 538 g/mol. The molecule has 4 N–H and O–H groups in total. The molecule has 1 atom stereocenters. The number of rotatable bonds is 8. The number of halogens is 3. The fraction of sp³-hybridized carbons (Fsp3) is 0.130. The molecule has 0 unspecified atom stereocenters. The van der Waals surface area contributed by atoms with Crippen LogP contribution in [-0.4, -0.2) is 31.8 Å². The molecule has 3 aromatic rings. The van der Waals surface area contributed by atoms with Gasteiger partial charge in [0.2, 0.25) is 10.0 Å². The fourth-order valence-corrected chi connectivity index (χ4v) is 4.39. The molecule has 13 heteroatoms. The van der Waals surface area contributed by atoms with E-state index in [0.717, 1.165) is 17.7 Å². The molecule has 190 valence electrons. The lowest BCUT2D eigenvalue weighted by molar-refractivity contribution is -0.274. The molecule has 3 rings (SSSR count). The molecule has 0 heterocycles. The van der Waals surface area contributed by atoms with Crippen LogP contribution in [0, 0.1) is 0 Å². The minimum absolute atomic E-state index is 0.000965. The van der Waals surface area contributed by atoms with Gasteiger partial charge in [0.25, 0.3) is 5.91 Å². The van der Waals surface area contributed by atoms with Crippen LogP contribution in [0.1, 0.15) is 5.56 Å². The summed E-state index contributed by atoms with van der Waals surface area (Å²) < 4.78 is 68.6. The third kappa shape index (κ3) is 8.52. The number of alkyl halides is 3. The van der Waals surface area contributed by atoms with Crippen LogP contribution >= 0.6 is 12.2 Å². The van der Waals surface area contributed by atoms with Crippen LogP contribution in [0.15, 0.2) is 89.8 Å². The Morgan fingerprint density at radius 1 is 0.889 bits per heavy atom. The van der Waals surface area contributed by atoms with Crippen LogP contribution in [0.25, 0.3) is 0 Å². The van der Waals surface area contributed by atoms with Gasteiger partial charge in [0.15, 0.2) is 5.11 Å². The first-order chi connectivity index (χ1) is 17.0. The van der Waals surface area contributed by atoms with Gasteiger partial charge in [-0.3, -0.25) is 15.6 Å². The van der Waals surface area contributed by atoms with Crippen LogP contribution in [0.2, 0.25) is 0 Å². The highest BCUT2D eigenvalue weighted by atomic mass is 32.2. The summed E-state index contributed by atoms with van der Waals surface area (Å²) in [5.41, 5.74) is 5.84. The van der Waals surface area contributed by atoms with Gasteiger partial charge in [0, 0.05) is 5.69 Å². The number of hydrogen-bond donors (Lipinski definition) is 4. The Balaban J connectivity index is 1.63. The van der Waals surface area contributed by atoms with Gasteiger partial charge in [-0.15, -0.1) is 13.2 Å². The standard InChI is InChI=1S/C23H21F3N4O4S2/c24-23(25,26)34-18-13-11-17(12-14-18)27-22(35)29-28-21(31)20(15-16-7-3-1-4-8-16)30-36(32,33)19-9-5-2-6-10-19/h1-14,20,30H,15H2,(H,28,31)(H2,27,29,35)/t20-/m1/s1. The highest BCUT2D eigenvalue weighted by Crippen LogP contribution is 2.23. The number of anilines is 1. The maximum absolute atomic E-state index is 12.9. The molecule has 0 aliphatic carbocycles. The molecular weight excluding hydrogens is 517 g/mol. The normalized spacial score (nSPS) is 12.3. The number of nitrogens with one attached hydrogen (secondary N) is 4. The van der Waals surface area contributed by atoms with E-state index in [1.54, 1.807) is 48.5 Å². The van der Waals surface area contributed by atoms with Crippen molar-refractivity contribution >= 4 is 38.9 Å². The second kappa shape index (κ2) is 11.8. The van der Waals surface area contributed by atoms with Crippen molar-refractivity contribution < 1.29 is 31.1 Å². The zero-order valence-corrected chi connectivity index (χ0v) is 20.1.